The molecule has 0 fully saturated rings. The predicted molar refractivity (Wildman–Crippen MR) is 135 cm³/mol. The van der Waals surface area contributed by atoms with Gasteiger partial charge in [0, 0.05) is 28.6 Å². The van der Waals surface area contributed by atoms with Crippen LogP contribution in [0.1, 0.15) is 5.56 Å². The van der Waals surface area contributed by atoms with Crippen LogP contribution in [0.2, 0.25) is 5.02 Å². The van der Waals surface area contributed by atoms with Crippen LogP contribution in [0.25, 0.3) is 0 Å². The topological polar surface area (TPSA) is 75.7 Å². The van der Waals surface area contributed by atoms with Gasteiger partial charge in [-0.05, 0) is 48.5 Å². The average Bonchev–Trinajstić information content (AvgIpc) is 2.84. The monoisotopic (exact) mass is 522 g/mol. The Balaban J connectivity index is 1.64. The van der Waals surface area contributed by atoms with Crippen molar-refractivity contribution in [3.05, 3.63) is 89.2 Å². The lowest BCUT2D eigenvalue weighted by Crippen LogP contribution is -2.41. The van der Waals surface area contributed by atoms with Crippen LogP contribution in [0.3, 0.4) is 0 Å². The third-order valence-electron chi connectivity index (χ3n) is 4.86. The highest BCUT2D eigenvalue weighted by Gasteiger charge is 2.27. The Hall–Kier alpha value is -2.75. The van der Waals surface area contributed by atoms with E-state index in [0.29, 0.717) is 33.5 Å². The van der Waals surface area contributed by atoms with Gasteiger partial charge in [0.25, 0.3) is 10.0 Å². The first kappa shape index (κ1) is 25.9. The van der Waals surface area contributed by atoms with Crippen LogP contribution >= 0.6 is 23.4 Å². The number of hydrogen-bond donors (Lipinski definition) is 1. The number of carbonyl (C=O) groups excluding carboxylic acids is 1. The Morgan fingerprint density at radius 3 is 2.41 bits per heavy atom. The van der Waals surface area contributed by atoms with Crippen molar-refractivity contribution in [1.82, 2.24) is 5.32 Å². The van der Waals surface area contributed by atoms with Gasteiger partial charge in [-0.2, -0.15) is 11.8 Å². The molecule has 1 N–H and O–H groups in total. The molecule has 3 rings (SSSR count). The van der Waals surface area contributed by atoms with Crippen molar-refractivity contribution in [2.45, 2.75) is 10.6 Å². The van der Waals surface area contributed by atoms with Crippen molar-refractivity contribution < 1.29 is 22.3 Å². The fourth-order valence-corrected chi connectivity index (χ4v) is 5.72. The van der Waals surface area contributed by atoms with Gasteiger partial charge in [-0.15, -0.1) is 0 Å². The zero-order chi connectivity index (χ0) is 24.6. The number of sulfonamides is 1. The van der Waals surface area contributed by atoms with Crippen molar-refractivity contribution in [2.75, 3.05) is 30.3 Å². The summed E-state index contributed by atoms with van der Waals surface area (Å²) >= 11 is 7.44. The molecule has 0 bridgehead atoms. The van der Waals surface area contributed by atoms with Crippen molar-refractivity contribution in [1.29, 1.82) is 0 Å². The third-order valence-corrected chi connectivity index (χ3v) is 7.98. The van der Waals surface area contributed by atoms with E-state index < -0.39 is 22.5 Å². The molecule has 0 heterocycles. The summed E-state index contributed by atoms with van der Waals surface area (Å²) < 4.78 is 46.6. The highest BCUT2D eigenvalue weighted by Crippen LogP contribution is 2.26. The molecule has 0 radical (unpaired) electrons. The molecule has 0 aliphatic rings. The fourth-order valence-electron chi connectivity index (χ4n) is 3.08. The van der Waals surface area contributed by atoms with E-state index in [0.717, 1.165) is 4.31 Å². The van der Waals surface area contributed by atoms with Crippen molar-refractivity contribution in [3.63, 3.8) is 0 Å². The van der Waals surface area contributed by atoms with E-state index in [4.69, 9.17) is 16.3 Å². The lowest BCUT2D eigenvalue weighted by molar-refractivity contribution is -0.119. The van der Waals surface area contributed by atoms with Gasteiger partial charge in [0.15, 0.2) is 0 Å². The molecule has 0 unspecified atom stereocenters. The summed E-state index contributed by atoms with van der Waals surface area (Å²) in [4.78, 5) is 12.7. The smallest absolute Gasteiger partial charge is 0.264 e. The van der Waals surface area contributed by atoms with Gasteiger partial charge in [-0.3, -0.25) is 9.10 Å². The minimum Gasteiger partial charge on any atom is -0.497 e. The number of benzene rings is 3. The van der Waals surface area contributed by atoms with Crippen molar-refractivity contribution in [2.24, 2.45) is 0 Å². The lowest BCUT2D eigenvalue weighted by Gasteiger charge is -2.24. The van der Waals surface area contributed by atoms with Crippen LogP contribution in [0.4, 0.5) is 10.1 Å². The number of amides is 1. The molecule has 34 heavy (non-hydrogen) atoms. The zero-order valence-corrected chi connectivity index (χ0v) is 20.8. The molecule has 1 amide bonds. The number of hydrogen-bond acceptors (Lipinski definition) is 5. The molecular formula is C24H24ClFN2O4S2. The Bertz CT molecular complexity index is 1190. The molecule has 6 nitrogen and oxygen atoms in total. The SMILES string of the molecule is COc1ccc(N(CC(=O)NCCSCc2c(F)cccc2Cl)S(=O)(=O)c2ccccc2)cc1. The summed E-state index contributed by atoms with van der Waals surface area (Å²) in [5, 5.41) is 3.09. The average molecular weight is 523 g/mol. The largest absolute Gasteiger partial charge is 0.497 e. The van der Waals surface area contributed by atoms with Crippen LogP contribution < -0.4 is 14.4 Å². The summed E-state index contributed by atoms with van der Waals surface area (Å²) in [6.07, 6.45) is 0. The molecule has 3 aromatic rings. The van der Waals surface area contributed by atoms with Crippen LogP contribution in [-0.2, 0) is 20.6 Å². The maximum Gasteiger partial charge on any atom is 0.264 e. The second-order valence-corrected chi connectivity index (χ2v) is 10.5. The zero-order valence-electron chi connectivity index (χ0n) is 18.4. The van der Waals surface area contributed by atoms with Crippen LogP contribution in [0.5, 0.6) is 5.75 Å². The van der Waals surface area contributed by atoms with Gasteiger partial charge >= 0.3 is 0 Å². The Morgan fingerprint density at radius 2 is 1.76 bits per heavy atom. The number of thioether (sulfide) groups is 1. The predicted octanol–water partition coefficient (Wildman–Crippen LogP) is 4.73. The summed E-state index contributed by atoms with van der Waals surface area (Å²) in [5.41, 5.74) is 0.753. The fraction of sp³-hybridized carbons (Fsp3) is 0.208. The van der Waals surface area contributed by atoms with Gasteiger partial charge in [-0.25, -0.2) is 12.8 Å². The normalized spacial score (nSPS) is 11.1. The quantitative estimate of drug-likeness (QED) is 0.368. The first-order valence-electron chi connectivity index (χ1n) is 10.3. The first-order valence-corrected chi connectivity index (χ1v) is 13.3. The summed E-state index contributed by atoms with van der Waals surface area (Å²) in [7, 11) is -2.47. The van der Waals surface area contributed by atoms with Gasteiger partial charge in [0.2, 0.25) is 5.91 Å². The van der Waals surface area contributed by atoms with Gasteiger partial charge in [0.1, 0.15) is 18.1 Å². The molecule has 180 valence electrons. The first-order chi connectivity index (χ1) is 16.3. The summed E-state index contributed by atoms with van der Waals surface area (Å²) in [6, 6.07) is 18.9. The van der Waals surface area contributed by atoms with Gasteiger partial charge in [-0.1, -0.05) is 35.9 Å². The van der Waals surface area contributed by atoms with Crippen molar-refractivity contribution in [3.8, 4) is 5.75 Å². The number of nitrogens with one attached hydrogen (secondary N) is 1. The number of methoxy groups -OCH3 is 1. The van der Waals surface area contributed by atoms with Gasteiger partial charge in [0.05, 0.1) is 17.7 Å². The second-order valence-electron chi connectivity index (χ2n) is 7.13. The number of halogens is 2. The molecule has 0 aromatic heterocycles. The molecule has 0 saturated heterocycles. The van der Waals surface area contributed by atoms with Crippen molar-refractivity contribution >= 4 is 45.0 Å². The van der Waals surface area contributed by atoms with E-state index in [9.17, 15) is 17.6 Å². The Labute approximate surface area is 208 Å². The van der Waals surface area contributed by atoms with E-state index in [2.05, 4.69) is 5.32 Å². The van der Waals surface area contributed by atoms with Crippen LogP contribution in [-0.4, -0.2) is 40.3 Å². The highest BCUT2D eigenvalue weighted by molar-refractivity contribution is 7.98. The van der Waals surface area contributed by atoms with Gasteiger partial charge < -0.3 is 10.1 Å². The molecule has 3 aromatic carbocycles. The van der Waals surface area contributed by atoms with E-state index in [-0.39, 0.29) is 17.3 Å². The standard InChI is InChI=1S/C24H24ClFN2O4S2/c1-32-19-12-10-18(11-13-19)28(34(30,31)20-6-3-2-4-7-20)16-24(29)27-14-15-33-17-21-22(25)8-5-9-23(21)26/h2-13H,14-17H2,1H3,(H,27,29). The van der Waals surface area contributed by atoms with E-state index in [1.807, 2.05) is 0 Å². The molecule has 0 aliphatic heterocycles. The number of carbonyl (C=O) groups is 1. The number of anilines is 1. The maximum atomic E-state index is 13.9. The molecule has 10 heteroatoms. The molecular weight excluding hydrogens is 499 g/mol. The summed E-state index contributed by atoms with van der Waals surface area (Å²) in [5.74, 6) is 0.605. The maximum absolute atomic E-state index is 13.9. The van der Waals surface area contributed by atoms with Crippen LogP contribution in [0.15, 0.2) is 77.7 Å². The van der Waals surface area contributed by atoms with E-state index in [1.54, 1.807) is 54.6 Å². The number of nitrogens with zero attached hydrogens (tertiary/aromatic N) is 1. The summed E-state index contributed by atoms with van der Waals surface area (Å²) in [6.45, 7) is -0.106. The Kier molecular flexibility index (Phi) is 9.20. The van der Waals surface area contributed by atoms with E-state index in [1.165, 1.54) is 37.1 Å². The van der Waals surface area contributed by atoms with Crippen LogP contribution in [0, 0.1) is 5.82 Å². The highest BCUT2D eigenvalue weighted by atomic mass is 35.5. The minimum atomic E-state index is -3.98. The molecule has 0 aliphatic carbocycles. The lowest BCUT2D eigenvalue weighted by atomic mass is 10.2. The number of rotatable bonds is 11. The number of ether oxygens (including phenoxy) is 1. The molecule has 0 saturated carbocycles. The second kappa shape index (κ2) is 12.1. The third kappa shape index (κ3) is 6.65. The van der Waals surface area contributed by atoms with E-state index >= 15 is 0 Å². The molecule has 0 spiro atoms. The minimum absolute atomic E-state index is 0.0796. The Morgan fingerprint density at radius 1 is 1.06 bits per heavy atom. The molecule has 0 atom stereocenters.